The minimum absolute atomic E-state index is 0.142. The summed E-state index contributed by atoms with van der Waals surface area (Å²) in [7, 11) is 0. The first-order valence-corrected chi connectivity index (χ1v) is 7.17. The van der Waals surface area contributed by atoms with E-state index in [1.54, 1.807) is 18.5 Å². The molecule has 4 nitrogen and oxygen atoms in total. The Bertz CT molecular complexity index is 646. The number of nitrogens with zero attached hydrogens (tertiary/aromatic N) is 1. The fourth-order valence-electron chi connectivity index (χ4n) is 2.28. The van der Waals surface area contributed by atoms with E-state index >= 15 is 0 Å². The number of furan rings is 1. The summed E-state index contributed by atoms with van der Waals surface area (Å²) in [5, 5.41) is 2.81. The van der Waals surface area contributed by atoms with Crippen LogP contribution >= 0.6 is 0 Å². The molecule has 1 amide bonds. The zero-order chi connectivity index (χ0) is 14.7. The van der Waals surface area contributed by atoms with Crippen LogP contribution in [0.25, 0.3) is 6.08 Å². The van der Waals surface area contributed by atoms with Gasteiger partial charge in [-0.2, -0.15) is 0 Å². The van der Waals surface area contributed by atoms with E-state index in [1.165, 1.54) is 12.5 Å². The van der Waals surface area contributed by atoms with E-state index in [2.05, 4.69) is 17.2 Å². The number of hydrogen-bond donors (Lipinski definition) is 1. The Kier molecular flexibility index (Phi) is 3.86. The minimum atomic E-state index is -0.142. The first kappa shape index (κ1) is 13.6. The lowest BCUT2D eigenvalue weighted by Crippen LogP contribution is -2.20. The number of nitrogens with one attached hydrogen (secondary N) is 1. The van der Waals surface area contributed by atoms with E-state index in [0.717, 1.165) is 23.0 Å². The smallest absolute Gasteiger partial charge is 0.244 e. The van der Waals surface area contributed by atoms with Crippen molar-refractivity contribution in [3.05, 3.63) is 59.8 Å². The largest absolute Gasteiger partial charge is 0.461 e. The third kappa shape index (κ3) is 3.60. The normalized spacial score (nSPS) is 20.6. The van der Waals surface area contributed by atoms with Gasteiger partial charge in [-0.05, 0) is 42.2 Å². The van der Waals surface area contributed by atoms with Gasteiger partial charge in [0.05, 0.1) is 0 Å². The van der Waals surface area contributed by atoms with Gasteiger partial charge in [0.25, 0.3) is 0 Å². The molecule has 0 aromatic carbocycles. The van der Waals surface area contributed by atoms with Gasteiger partial charge >= 0.3 is 0 Å². The molecule has 0 bridgehead atoms. The van der Waals surface area contributed by atoms with E-state index < -0.39 is 0 Å². The highest BCUT2D eigenvalue weighted by molar-refractivity contribution is 5.91. The molecule has 2 atom stereocenters. The Morgan fingerprint density at radius 1 is 1.48 bits per heavy atom. The molecule has 1 N–H and O–H groups in total. The van der Waals surface area contributed by atoms with Gasteiger partial charge < -0.3 is 9.73 Å². The summed E-state index contributed by atoms with van der Waals surface area (Å²) in [5.41, 5.74) is 0.974. The van der Waals surface area contributed by atoms with Gasteiger partial charge in [-0.1, -0.05) is 13.0 Å². The molecular formula is C17H18N2O2. The van der Waals surface area contributed by atoms with Gasteiger partial charge in [-0.3, -0.25) is 9.78 Å². The summed E-state index contributed by atoms with van der Waals surface area (Å²) in [5.74, 6) is 2.89. The number of hydrogen-bond acceptors (Lipinski definition) is 3. The highest BCUT2D eigenvalue weighted by Gasteiger charge is 2.36. The quantitative estimate of drug-likeness (QED) is 0.857. The van der Waals surface area contributed by atoms with Gasteiger partial charge in [0.1, 0.15) is 11.5 Å². The van der Waals surface area contributed by atoms with E-state index in [9.17, 15) is 4.79 Å². The van der Waals surface area contributed by atoms with Crippen molar-refractivity contribution in [2.24, 2.45) is 5.92 Å². The molecule has 3 rings (SSSR count). The van der Waals surface area contributed by atoms with Crippen molar-refractivity contribution in [3.8, 4) is 0 Å². The molecule has 2 unspecified atom stereocenters. The summed E-state index contributed by atoms with van der Waals surface area (Å²) in [6, 6.07) is 7.68. The van der Waals surface area contributed by atoms with E-state index in [0.29, 0.717) is 12.5 Å². The fraction of sp³-hybridized carbons (Fsp3) is 0.294. The fourth-order valence-corrected chi connectivity index (χ4v) is 2.28. The molecule has 0 saturated heterocycles. The van der Waals surface area contributed by atoms with Gasteiger partial charge in [-0.25, -0.2) is 0 Å². The number of rotatable bonds is 5. The van der Waals surface area contributed by atoms with Crippen LogP contribution in [-0.4, -0.2) is 10.9 Å². The highest BCUT2D eigenvalue weighted by atomic mass is 16.3. The lowest BCUT2D eigenvalue weighted by atomic mass is 10.3. The molecular weight excluding hydrogens is 264 g/mol. The van der Waals surface area contributed by atoms with Crippen LogP contribution in [0.3, 0.4) is 0 Å². The lowest BCUT2D eigenvalue weighted by molar-refractivity contribution is -0.116. The highest BCUT2D eigenvalue weighted by Crippen LogP contribution is 2.47. The predicted octanol–water partition coefficient (Wildman–Crippen LogP) is 3.13. The van der Waals surface area contributed by atoms with Crippen molar-refractivity contribution in [2.45, 2.75) is 25.8 Å². The van der Waals surface area contributed by atoms with Gasteiger partial charge in [0, 0.05) is 30.9 Å². The molecule has 1 fully saturated rings. The third-order valence-electron chi connectivity index (χ3n) is 3.71. The molecule has 0 radical (unpaired) electrons. The Balaban J connectivity index is 1.51. The number of pyridine rings is 1. The molecule has 2 aromatic heterocycles. The molecule has 0 aliphatic heterocycles. The van der Waals surface area contributed by atoms with Crippen molar-refractivity contribution in [1.82, 2.24) is 10.3 Å². The molecule has 1 saturated carbocycles. The molecule has 2 heterocycles. The number of aromatic nitrogens is 1. The molecule has 1 aliphatic rings. The standard InChI is InChI=1S/C17H18N2O2/c1-12-9-15(12)16-6-4-14(21-16)5-7-17(20)19-11-13-3-2-8-18-10-13/h2-8,10,12,15H,9,11H2,1H3,(H,19,20)/b7-5+. The Morgan fingerprint density at radius 3 is 3.05 bits per heavy atom. The maximum Gasteiger partial charge on any atom is 0.244 e. The second-order valence-corrected chi connectivity index (χ2v) is 5.47. The topological polar surface area (TPSA) is 55.1 Å². The van der Waals surface area contributed by atoms with Crippen molar-refractivity contribution in [3.63, 3.8) is 0 Å². The van der Waals surface area contributed by atoms with E-state index in [1.807, 2.05) is 24.3 Å². The lowest BCUT2D eigenvalue weighted by Gasteiger charge is -2.00. The van der Waals surface area contributed by atoms with Crippen LogP contribution < -0.4 is 5.32 Å². The van der Waals surface area contributed by atoms with Crippen molar-refractivity contribution in [1.29, 1.82) is 0 Å². The average molecular weight is 282 g/mol. The van der Waals surface area contributed by atoms with Crippen LogP contribution in [0.1, 0.15) is 36.3 Å². The summed E-state index contributed by atoms with van der Waals surface area (Å²) >= 11 is 0. The summed E-state index contributed by atoms with van der Waals surface area (Å²) in [4.78, 5) is 15.7. The van der Waals surface area contributed by atoms with Gasteiger partial charge in [-0.15, -0.1) is 0 Å². The van der Waals surface area contributed by atoms with Crippen LogP contribution in [0, 0.1) is 5.92 Å². The average Bonchev–Trinajstić information content (AvgIpc) is 3.05. The molecule has 0 spiro atoms. The molecule has 2 aromatic rings. The van der Waals surface area contributed by atoms with E-state index in [-0.39, 0.29) is 5.91 Å². The third-order valence-corrected chi connectivity index (χ3v) is 3.71. The Labute approximate surface area is 123 Å². The van der Waals surface area contributed by atoms with Crippen LogP contribution in [0.4, 0.5) is 0 Å². The monoisotopic (exact) mass is 282 g/mol. The summed E-state index contributed by atoms with van der Waals surface area (Å²) in [6.07, 6.45) is 7.84. The first-order chi connectivity index (χ1) is 10.2. The SMILES string of the molecule is CC1CC1c1ccc(/C=C/C(=O)NCc2cccnc2)o1. The zero-order valence-electron chi connectivity index (χ0n) is 12.0. The number of carbonyl (C=O) groups excluding carboxylic acids is 1. The zero-order valence-corrected chi connectivity index (χ0v) is 12.0. The molecule has 21 heavy (non-hydrogen) atoms. The predicted molar refractivity (Wildman–Crippen MR) is 80.3 cm³/mol. The van der Waals surface area contributed by atoms with Crippen molar-refractivity contribution >= 4 is 12.0 Å². The van der Waals surface area contributed by atoms with E-state index in [4.69, 9.17) is 4.42 Å². The Hall–Kier alpha value is -2.36. The van der Waals surface area contributed by atoms with Gasteiger partial charge in [0.2, 0.25) is 5.91 Å². The second kappa shape index (κ2) is 5.95. The molecule has 4 heteroatoms. The van der Waals surface area contributed by atoms with Crippen LogP contribution in [0.2, 0.25) is 0 Å². The van der Waals surface area contributed by atoms with Crippen molar-refractivity contribution < 1.29 is 9.21 Å². The van der Waals surface area contributed by atoms with Gasteiger partial charge in [0.15, 0.2) is 0 Å². The molecule has 1 aliphatic carbocycles. The summed E-state index contributed by atoms with van der Waals surface area (Å²) < 4.78 is 5.71. The second-order valence-electron chi connectivity index (χ2n) is 5.47. The maximum absolute atomic E-state index is 11.7. The van der Waals surface area contributed by atoms with Crippen LogP contribution in [0.15, 0.2) is 47.2 Å². The van der Waals surface area contributed by atoms with Crippen LogP contribution in [0.5, 0.6) is 0 Å². The first-order valence-electron chi connectivity index (χ1n) is 7.17. The van der Waals surface area contributed by atoms with Crippen molar-refractivity contribution in [2.75, 3.05) is 0 Å². The Morgan fingerprint density at radius 2 is 2.33 bits per heavy atom. The maximum atomic E-state index is 11.7. The van der Waals surface area contributed by atoms with Crippen LogP contribution in [-0.2, 0) is 11.3 Å². The number of carbonyl (C=O) groups is 1. The summed E-state index contributed by atoms with van der Waals surface area (Å²) in [6.45, 7) is 2.69. The number of amides is 1. The minimum Gasteiger partial charge on any atom is -0.461 e. The molecule has 108 valence electrons.